The van der Waals surface area contributed by atoms with Crippen LogP contribution < -0.4 is 4.74 Å². The molecule has 4 nitrogen and oxygen atoms in total. The van der Waals surface area contributed by atoms with Crippen molar-refractivity contribution in [2.24, 2.45) is 0 Å². The van der Waals surface area contributed by atoms with Crippen molar-refractivity contribution in [3.05, 3.63) is 42.0 Å². The second-order valence-electron chi connectivity index (χ2n) is 4.98. The van der Waals surface area contributed by atoms with Gasteiger partial charge in [-0.05, 0) is 68.5 Å². The quantitative estimate of drug-likeness (QED) is 0.281. The Hall–Kier alpha value is -1.81. The molecule has 0 atom stereocenters. The summed E-state index contributed by atoms with van der Waals surface area (Å²) in [7, 11) is 0. The molecule has 0 amide bonds. The molecule has 0 saturated carbocycles. The van der Waals surface area contributed by atoms with Crippen molar-refractivity contribution in [2.75, 3.05) is 13.2 Å². The zero-order chi connectivity index (χ0) is 16.4. The fraction of sp³-hybridized carbons (Fsp3) is 0.412. The van der Waals surface area contributed by atoms with Crippen LogP contribution in [0.15, 0.2) is 36.4 Å². The Labute approximate surface area is 136 Å². The third kappa shape index (κ3) is 7.27. The van der Waals surface area contributed by atoms with E-state index in [0.717, 1.165) is 31.4 Å². The molecule has 0 N–H and O–H groups in total. The Morgan fingerprint density at radius 2 is 1.64 bits per heavy atom. The predicted octanol–water partition coefficient (Wildman–Crippen LogP) is 4.12. The van der Waals surface area contributed by atoms with Crippen LogP contribution in [0.2, 0.25) is 0 Å². The summed E-state index contributed by atoms with van der Waals surface area (Å²) in [4.78, 5) is 22.0. The van der Waals surface area contributed by atoms with E-state index in [4.69, 9.17) is 21.1 Å². The minimum absolute atomic E-state index is 0.331. The minimum Gasteiger partial charge on any atom is -0.494 e. The Kier molecular flexibility index (Phi) is 8.30. The number of benzene rings is 1. The summed E-state index contributed by atoms with van der Waals surface area (Å²) in [5, 5.41) is -0.473. The molecule has 1 aromatic rings. The lowest BCUT2D eigenvalue weighted by molar-refractivity contribution is -0.139. The zero-order valence-corrected chi connectivity index (χ0v) is 13.5. The van der Waals surface area contributed by atoms with Crippen molar-refractivity contribution in [1.29, 1.82) is 0 Å². The molecular formula is C17H21ClO4. The van der Waals surface area contributed by atoms with E-state index in [9.17, 15) is 9.59 Å². The van der Waals surface area contributed by atoms with E-state index in [-0.39, 0.29) is 5.97 Å². The Bertz CT molecular complexity index is 508. The maximum Gasteiger partial charge on any atom is 0.333 e. The number of carbonyl (C=O) groups excluding carboxylic acids is 2. The highest BCUT2D eigenvalue weighted by atomic mass is 35.5. The Morgan fingerprint density at radius 1 is 1.05 bits per heavy atom. The summed E-state index contributed by atoms with van der Waals surface area (Å²) in [6, 6.07) is 6.74. The minimum atomic E-state index is -0.473. The molecule has 1 aromatic carbocycles. The normalized spacial score (nSPS) is 10.1. The monoisotopic (exact) mass is 324 g/mol. The first-order valence-corrected chi connectivity index (χ1v) is 7.64. The average Bonchev–Trinajstić information content (AvgIpc) is 2.50. The van der Waals surface area contributed by atoms with Gasteiger partial charge in [-0.25, -0.2) is 4.79 Å². The van der Waals surface area contributed by atoms with Crippen LogP contribution in [0, 0.1) is 0 Å². The summed E-state index contributed by atoms with van der Waals surface area (Å²) in [5.74, 6) is 0.388. The lowest BCUT2D eigenvalue weighted by atomic mass is 10.2. The summed E-state index contributed by atoms with van der Waals surface area (Å²) in [6.45, 7) is 6.20. The van der Waals surface area contributed by atoms with E-state index in [2.05, 4.69) is 6.58 Å². The molecule has 0 heterocycles. The van der Waals surface area contributed by atoms with E-state index >= 15 is 0 Å². The molecule has 0 unspecified atom stereocenters. The van der Waals surface area contributed by atoms with Crippen molar-refractivity contribution >= 4 is 22.8 Å². The fourth-order valence-corrected chi connectivity index (χ4v) is 1.84. The molecular weight excluding hydrogens is 304 g/mol. The first-order chi connectivity index (χ1) is 10.5. The van der Waals surface area contributed by atoms with Gasteiger partial charge < -0.3 is 9.47 Å². The summed E-state index contributed by atoms with van der Waals surface area (Å²) >= 11 is 5.36. The van der Waals surface area contributed by atoms with Gasteiger partial charge in [0.15, 0.2) is 0 Å². The highest BCUT2D eigenvalue weighted by Crippen LogP contribution is 2.14. The summed E-state index contributed by atoms with van der Waals surface area (Å²) in [6.07, 6.45) is 3.74. The van der Waals surface area contributed by atoms with Crippen molar-refractivity contribution in [3.63, 3.8) is 0 Å². The molecule has 120 valence electrons. The van der Waals surface area contributed by atoms with Crippen LogP contribution in [0.1, 0.15) is 43.0 Å². The standard InChI is InChI=1S/C17H21ClO4/c1-13(2)17(20)22-12-6-4-3-5-11-21-15-9-7-14(8-10-15)16(18)19/h7-10H,1,3-6,11-12H2,2H3. The molecule has 1 rings (SSSR count). The second kappa shape index (κ2) is 10.0. The van der Waals surface area contributed by atoms with Gasteiger partial charge in [-0.3, -0.25) is 4.79 Å². The van der Waals surface area contributed by atoms with Crippen LogP contribution in [0.25, 0.3) is 0 Å². The van der Waals surface area contributed by atoms with Crippen molar-refractivity contribution in [3.8, 4) is 5.75 Å². The predicted molar refractivity (Wildman–Crippen MR) is 86.4 cm³/mol. The number of hydrogen-bond donors (Lipinski definition) is 0. The van der Waals surface area contributed by atoms with Gasteiger partial charge in [0.2, 0.25) is 0 Å². The maximum absolute atomic E-state index is 11.1. The molecule has 0 aliphatic heterocycles. The molecule has 0 aliphatic carbocycles. The van der Waals surface area contributed by atoms with E-state index < -0.39 is 5.24 Å². The van der Waals surface area contributed by atoms with Crippen LogP contribution in [-0.4, -0.2) is 24.4 Å². The van der Waals surface area contributed by atoms with Gasteiger partial charge in [-0.15, -0.1) is 0 Å². The van der Waals surface area contributed by atoms with E-state index in [1.807, 2.05) is 0 Å². The van der Waals surface area contributed by atoms with Gasteiger partial charge in [0, 0.05) is 11.1 Å². The van der Waals surface area contributed by atoms with Gasteiger partial charge in [0.25, 0.3) is 5.24 Å². The molecule has 0 saturated heterocycles. The van der Waals surface area contributed by atoms with Crippen LogP contribution in [-0.2, 0) is 9.53 Å². The first kappa shape index (κ1) is 18.2. The maximum atomic E-state index is 11.1. The summed E-state index contributed by atoms with van der Waals surface area (Å²) < 4.78 is 10.6. The largest absolute Gasteiger partial charge is 0.494 e. The van der Waals surface area contributed by atoms with E-state index in [1.165, 1.54) is 0 Å². The van der Waals surface area contributed by atoms with Crippen LogP contribution >= 0.6 is 11.6 Å². The molecule has 0 aromatic heterocycles. The van der Waals surface area contributed by atoms with Crippen LogP contribution in [0.4, 0.5) is 0 Å². The number of esters is 1. The van der Waals surface area contributed by atoms with Gasteiger partial charge >= 0.3 is 5.97 Å². The zero-order valence-electron chi connectivity index (χ0n) is 12.8. The number of hydrogen-bond acceptors (Lipinski definition) is 4. The lowest BCUT2D eigenvalue weighted by Crippen LogP contribution is -2.06. The average molecular weight is 325 g/mol. The van der Waals surface area contributed by atoms with Crippen molar-refractivity contribution in [2.45, 2.75) is 32.6 Å². The molecule has 0 bridgehead atoms. The molecule has 0 spiro atoms. The van der Waals surface area contributed by atoms with Crippen LogP contribution in [0.5, 0.6) is 5.75 Å². The molecule has 0 radical (unpaired) electrons. The number of unbranched alkanes of at least 4 members (excludes halogenated alkanes) is 3. The number of rotatable bonds is 10. The fourth-order valence-electron chi connectivity index (χ4n) is 1.72. The highest BCUT2D eigenvalue weighted by molar-refractivity contribution is 6.67. The first-order valence-electron chi connectivity index (χ1n) is 7.26. The van der Waals surface area contributed by atoms with Gasteiger partial charge in [0.1, 0.15) is 5.75 Å². The number of halogens is 1. The molecule has 22 heavy (non-hydrogen) atoms. The van der Waals surface area contributed by atoms with Gasteiger partial charge in [0.05, 0.1) is 13.2 Å². The van der Waals surface area contributed by atoms with E-state index in [1.54, 1.807) is 31.2 Å². The van der Waals surface area contributed by atoms with Crippen molar-refractivity contribution in [1.82, 2.24) is 0 Å². The molecule has 5 heteroatoms. The van der Waals surface area contributed by atoms with Crippen LogP contribution in [0.3, 0.4) is 0 Å². The number of carbonyl (C=O) groups is 2. The van der Waals surface area contributed by atoms with Crippen molar-refractivity contribution < 1.29 is 19.1 Å². The molecule has 0 aliphatic rings. The molecule has 0 fully saturated rings. The Balaban J connectivity index is 2.05. The highest BCUT2D eigenvalue weighted by Gasteiger charge is 2.02. The smallest absolute Gasteiger partial charge is 0.333 e. The van der Waals surface area contributed by atoms with Gasteiger partial charge in [-0.2, -0.15) is 0 Å². The summed E-state index contributed by atoms with van der Waals surface area (Å²) in [5.41, 5.74) is 0.883. The topological polar surface area (TPSA) is 52.6 Å². The SMILES string of the molecule is C=C(C)C(=O)OCCCCCCOc1ccc(C(=O)Cl)cc1. The lowest BCUT2D eigenvalue weighted by Gasteiger charge is -2.07. The number of ether oxygens (including phenoxy) is 2. The third-order valence-electron chi connectivity index (χ3n) is 2.97. The Morgan fingerprint density at radius 3 is 2.18 bits per heavy atom. The third-order valence-corrected chi connectivity index (χ3v) is 3.19. The van der Waals surface area contributed by atoms with E-state index in [0.29, 0.717) is 24.4 Å². The second-order valence-corrected chi connectivity index (χ2v) is 5.32. The van der Waals surface area contributed by atoms with Gasteiger partial charge in [-0.1, -0.05) is 6.58 Å².